The molecule has 2 saturated heterocycles. The molecule has 218 valence electrons. The number of hydrogen-bond acceptors (Lipinski definition) is 10. The van der Waals surface area contributed by atoms with Gasteiger partial charge < -0.3 is 30.5 Å². The lowest BCUT2D eigenvalue weighted by atomic mass is 9.93. The van der Waals surface area contributed by atoms with E-state index in [1.807, 2.05) is 0 Å². The molecule has 5 rings (SSSR count). The van der Waals surface area contributed by atoms with Gasteiger partial charge in [0.2, 0.25) is 16.0 Å². The summed E-state index contributed by atoms with van der Waals surface area (Å²) in [6.07, 6.45) is 6.11. The van der Waals surface area contributed by atoms with E-state index in [1.165, 1.54) is 22.6 Å². The van der Waals surface area contributed by atoms with Crippen LogP contribution in [0.5, 0.6) is 0 Å². The molecule has 1 amide bonds. The molecule has 2 aliphatic heterocycles. The van der Waals surface area contributed by atoms with Crippen LogP contribution in [0.4, 0.5) is 17.5 Å². The van der Waals surface area contributed by atoms with Crippen molar-refractivity contribution in [1.82, 2.24) is 14.3 Å². The number of carbonyl (C=O) groups excluding carboxylic acids is 1. The van der Waals surface area contributed by atoms with Gasteiger partial charge in [-0.2, -0.15) is 9.29 Å². The molecular formula is C27H38N6O6S. The second kappa shape index (κ2) is 13.2. The molecule has 3 aliphatic rings. The standard InChI is InChI=1S/C27H38N6O6S/c34-22-5-1-20(2-6-22)30-25-24(18-29-27(32-25)28-17-19-9-13-38-14-10-19)26(35)31-21-3-7-23(8-4-21)40(36,37)33-11-15-39-16-12-33/h3-4,7-8,18-20,22,34H,1-2,5-6,9-17H2,(H,31,35)(H2,28,29,30,32). The van der Waals surface area contributed by atoms with Crippen molar-refractivity contribution in [2.45, 2.75) is 55.6 Å². The maximum absolute atomic E-state index is 13.3. The van der Waals surface area contributed by atoms with Crippen molar-refractivity contribution in [3.8, 4) is 0 Å². The highest BCUT2D eigenvalue weighted by molar-refractivity contribution is 7.89. The fourth-order valence-electron chi connectivity index (χ4n) is 5.19. The highest BCUT2D eigenvalue weighted by Crippen LogP contribution is 2.25. The number of nitrogens with zero attached hydrogens (tertiary/aromatic N) is 3. The highest BCUT2D eigenvalue weighted by atomic mass is 32.2. The van der Waals surface area contributed by atoms with E-state index in [2.05, 4.69) is 25.9 Å². The summed E-state index contributed by atoms with van der Waals surface area (Å²) in [5.41, 5.74) is 0.743. The molecule has 2 aromatic rings. The Hall–Kier alpha value is -2.84. The Bertz CT molecular complexity index is 1240. The molecule has 0 atom stereocenters. The summed E-state index contributed by atoms with van der Waals surface area (Å²) in [7, 11) is -3.63. The van der Waals surface area contributed by atoms with Gasteiger partial charge in [0.15, 0.2) is 0 Å². The number of anilines is 3. The number of hydrogen-bond donors (Lipinski definition) is 4. The average Bonchev–Trinajstić information content (AvgIpc) is 2.98. The Balaban J connectivity index is 1.29. The molecule has 1 aliphatic carbocycles. The second-order valence-corrected chi connectivity index (χ2v) is 12.5. The topological polar surface area (TPSA) is 155 Å². The number of rotatable bonds is 9. The summed E-state index contributed by atoms with van der Waals surface area (Å²) in [5.74, 6) is 0.943. The van der Waals surface area contributed by atoms with Crippen LogP contribution in [0, 0.1) is 5.92 Å². The summed E-state index contributed by atoms with van der Waals surface area (Å²) in [4.78, 5) is 22.5. The van der Waals surface area contributed by atoms with E-state index >= 15 is 0 Å². The number of ether oxygens (including phenoxy) is 2. The van der Waals surface area contributed by atoms with Gasteiger partial charge in [0.1, 0.15) is 11.4 Å². The van der Waals surface area contributed by atoms with Gasteiger partial charge in [-0.05, 0) is 68.7 Å². The maximum Gasteiger partial charge on any atom is 0.260 e. The minimum atomic E-state index is -3.63. The highest BCUT2D eigenvalue weighted by Gasteiger charge is 2.27. The molecule has 1 aromatic carbocycles. The van der Waals surface area contributed by atoms with Gasteiger partial charge in [0.05, 0.1) is 24.2 Å². The SMILES string of the molecule is O=C(Nc1ccc(S(=O)(=O)N2CCOCC2)cc1)c1cnc(NCC2CCOCC2)nc1NC1CCC(O)CC1. The Morgan fingerprint density at radius 2 is 1.65 bits per heavy atom. The van der Waals surface area contributed by atoms with Crippen LogP contribution in [-0.2, 0) is 19.5 Å². The zero-order valence-electron chi connectivity index (χ0n) is 22.5. The zero-order chi connectivity index (χ0) is 28.0. The van der Waals surface area contributed by atoms with Gasteiger partial charge in [-0.3, -0.25) is 4.79 Å². The first-order valence-corrected chi connectivity index (χ1v) is 15.4. The number of carbonyl (C=O) groups is 1. The average molecular weight is 575 g/mol. The lowest BCUT2D eigenvalue weighted by Crippen LogP contribution is -2.40. The molecule has 1 aromatic heterocycles. The van der Waals surface area contributed by atoms with Crippen LogP contribution in [0.25, 0.3) is 0 Å². The molecule has 3 heterocycles. The Morgan fingerprint density at radius 1 is 0.975 bits per heavy atom. The van der Waals surface area contributed by atoms with Gasteiger partial charge >= 0.3 is 0 Å². The van der Waals surface area contributed by atoms with E-state index in [0.717, 1.165) is 45.4 Å². The normalized spacial score (nSPS) is 22.9. The number of aliphatic hydroxyl groups is 1. The van der Waals surface area contributed by atoms with E-state index in [4.69, 9.17) is 9.47 Å². The summed E-state index contributed by atoms with van der Waals surface area (Å²) >= 11 is 0. The summed E-state index contributed by atoms with van der Waals surface area (Å²) in [6, 6.07) is 6.22. The molecule has 12 nitrogen and oxygen atoms in total. The summed E-state index contributed by atoms with van der Waals surface area (Å²) in [6.45, 7) is 3.62. The van der Waals surface area contributed by atoms with Crippen LogP contribution in [0.15, 0.2) is 35.4 Å². The number of morpholine rings is 1. The molecule has 0 spiro atoms. The van der Waals surface area contributed by atoms with Crippen LogP contribution in [0.2, 0.25) is 0 Å². The third-order valence-corrected chi connectivity index (χ3v) is 9.59. The molecule has 0 unspecified atom stereocenters. The molecule has 1 saturated carbocycles. The first-order valence-electron chi connectivity index (χ1n) is 14.0. The Labute approximate surface area is 234 Å². The number of amides is 1. The van der Waals surface area contributed by atoms with E-state index in [1.54, 1.807) is 12.1 Å². The summed E-state index contributed by atoms with van der Waals surface area (Å²) < 4.78 is 37.9. The molecule has 0 radical (unpaired) electrons. The predicted octanol–water partition coefficient (Wildman–Crippen LogP) is 2.30. The van der Waals surface area contributed by atoms with Gasteiger partial charge in [-0.15, -0.1) is 0 Å². The van der Waals surface area contributed by atoms with Crippen LogP contribution < -0.4 is 16.0 Å². The van der Waals surface area contributed by atoms with E-state index < -0.39 is 15.9 Å². The van der Waals surface area contributed by atoms with Gasteiger partial charge in [-0.1, -0.05) is 0 Å². The number of benzene rings is 1. The lowest BCUT2D eigenvalue weighted by molar-refractivity contribution is 0.0699. The van der Waals surface area contributed by atoms with Crippen molar-refractivity contribution in [2.75, 3.05) is 62.0 Å². The van der Waals surface area contributed by atoms with Crippen molar-refractivity contribution >= 4 is 33.4 Å². The van der Waals surface area contributed by atoms with E-state index in [-0.39, 0.29) is 22.6 Å². The Kier molecular flexibility index (Phi) is 9.48. The summed E-state index contributed by atoms with van der Waals surface area (Å²) in [5, 5.41) is 19.4. The number of nitrogens with one attached hydrogen (secondary N) is 3. The third kappa shape index (κ3) is 7.26. The smallest absolute Gasteiger partial charge is 0.260 e. The second-order valence-electron chi connectivity index (χ2n) is 10.5. The minimum absolute atomic E-state index is 0.0814. The first kappa shape index (κ1) is 28.7. The monoisotopic (exact) mass is 574 g/mol. The van der Waals surface area contributed by atoms with Crippen LogP contribution in [0.3, 0.4) is 0 Å². The fraction of sp³-hybridized carbons (Fsp3) is 0.593. The van der Waals surface area contributed by atoms with Crippen molar-refractivity contribution in [1.29, 1.82) is 0 Å². The molecule has 13 heteroatoms. The van der Waals surface area contributed by atoms with Crippen molar-refractivity contribution in [3.63, 3.8) is 0 Å². The van der Waals surface area contributed by atoms with Gasteiger partial charge in [-0.25, -0.2) is 13.4 Å². The number of sulfonamides is 1. The largest absolute Gasteiger partial charge is 0.393 e. The van der Waals surface area contributed by atoms with E-state index in [9.17, 15) is 18.3 Å². The van der Waals surface area contributed by atoms with E-state index in [0.29, 0.717) is 62.5 Å². The van der Waals surface area contributed by atoms with Crippen molar-refractivity contribution in [3.05, 3.63) is 36.0 Å². The fourth-order valence-corrected chi connectivity index (χ4v) is 6.60. The van der Waals surface area contributed by atoms with Crippen LogP contribution in [0.1, 0.15) is 48.9 Å². The van der Waals surface area contributed by atoms with Crippen molar-refractivity contribution in [2.24, 2.45) is 5.92 Å². The van der Waals surface area contributed by atoms with Crippen LogP contribution in [-0.4, -0.2) is 91.9 Å². The number of aliphatic hydroxyl groups excluding tert-OH is 1. The lowest BCUT2D eigenvalue weighted by Gasteiger charge is -2.27. The third-order valence-electron chi connectivity index (χ3n) is 7.68. The molecular weight excluding hydrogens is 536 g/mol. The van der Waals surface area contributed by atoms with Gasteiger partial charge in [0, 0.05) is 50.8 Å². The van der Waals surface area contributed by atoms with Gasteiger partial charge in [0.25, 0.3) is 5.91 Å². The number of aromatic nitrogens is 2. The van der Waals surface area contributed by atoms with Crippen LogP contribution >= 0.6 is 0 Å². The Morgan fingerprint density at radius 3 is 2.35 bits per heavy atom. The molecule has 40 heavy (non-hydrogen) atoms. The molecule has 0 bridgehead atoms. The maximum atomic E-state index is 13.3. The predicted molar refractivity (Wildman–Crippen MR) is 150 cm³/mol. The minimum Gasteiger partial charge on any atom is -0.393 e. The zero-order valence-corrected chi connectivity index (χ0v) is 23.4. The first-order chi connectivity index (χ1) is 19.4. The van der Waals surface area contributed by atoms with Crippen molar-refractivity contribution < 1.29 is 27.8 Å². The molecule has 4 N–H and O–H groups in total. The quantitative estimate of drug-likeness (QED) is 0.351. The molecule has 3 fully saturated rings.